The van der Waals surface area contributed by atoms with Gasteiger partial charge in [0, 0.05) is 31.2 Å². The van der Waals surface area contributed by atoms with Gasteiger partial charge in [0.1, 0.15) is 0 Å². The number of piperazine rings is 1. The van der Waals surface area contributed by atoms with E-state index in [0.717, 1.165) is 24.9 Å². The molecule has 1 N–H and O–H groups in total. The van der Waals surface area contributed by atoms with Crippen LogP contribution in [0.25, 0.3) is 0 Å². The lowest BCUT2D eigenvalue weighted by Crippen LogP contribution is -2.64. The van der Waals surface area contributed by atoms with Crippen molar-refractivity contribution in [1.82, 2.24) is 10.2 Å². The number of thiophene rings is 1. The zero-order valence-corrected chi connectivity index (χ0v) is 13.2. The van der Waals surface area contributed by atoms with Gasteiger partial charge in [0.15, 0.2) is 0 Å². The molecule has 3 heteroatoms. The van der Waals surface area contributed by atoms with Crippen molar-refractivity contribution < 1.29 is 0 Å². The second kappa shape index (κ2) is 5.19. The third-order valence-electron chi connectivity index (χ3n) is 4.93. The predicted molar refractivity (Wildman–Crippen MR) is 82.5 cm³/mol. The Morgan fingerprint density at radius 2 is 2.26 bits per heavy atom. The Bertz CT molecular complexity index is 410. The van der Waals surface area contributed by atoms with E-state index in [0.29, 0.717) is 11.6 Å². The largest absolute Gasteiger partial charge is 0.308 e. The van der Waals surface area contributed by atoms with Gasteiger partial charge in [0.2, 0.25) is 0 Å². The van der Waals surface area contributed by atoms with Crippen LogP contribution in [0.2, 0.25) is 0 Å². The summed E-state index contributed by atoms with van der Waals surface area (Å²) in [5.41, 5.74) is 1.83. The molecule has 1 aliphatic carbocycles. The molecule has 2 atom stereocenters. The fraction of sp³-hybridized carbons (Fsp3) is 0.750. The molecule has 106 valence electrons. The van der Waals surface area contributed by atoms with E-state index in [4.69, 9.17) is 0 Å². The quantitative estimate of drug-likeness (QED) is 0.908. The highest BCUT2D eigenvalue weighted by atomic mass is 32.1. The zero-order valence-electron chi connectivity index (χ0n) is 12.4. The summed E-state index contributed by atoms with van der Waals surface area (Å²) in [5.74, 6) is 1.63. The summed E-state index contributed by atoms with van der Waals surface area (Å²) in [6.45, 7) is 10.6. The van der Waals surface area contributed by atoms with E-state index in [9.17, 15) is 0 Å². The molecule has 2 unspecified atom stereocenters. The molecule has 1 saturated heterocycles. The standard InChI is InChI=1S/C16H26N2S/c1-12(2)15-8-17-16(3,14-4-5-14)11-18(15)9-13-6-7-19-10-13/h6-7,10,12,14-15,17H,4-5,8-9,11H2,1-3H3. The number of rotatable bonds is 4. The van der Waals surface area contributed by atoms with Crippen LogP contribution in [0, 0.1) is 11.8 Å². The van der Waals surface area contributed by atoms with E-state index in [1.165, 1.54) is 24.9 Å². The van der Waals surface area contributed by atoms with Crippen LogP contribution in [0.1, 0.15) is 39.2 Å². The Kier molecular flexibility index (Phi) is 3.71. The summed E-state index contributed by atoms with van der Waals surface area (Å²) in [5, 5.41) is 8.36. The lowest BCUT2D eigenvalue weighted by Gasteiger charge is -2.48. The third-order valence-corrected chi connectivity index (χ3v) is 5.66. The van der Waals surface area contributed by atoms with E-state index in [1.54, 1.807) is 0 Å². The SMILES string of the molecule is CC(C)C1CNC(C)(C2CC2)CN1Cc1ccsc1. The van der Waals surface area contributed by atoms with Crippen molar-refractivity contribution in [3.63, 3.8) is 0 Å². The molecule has 1 aromatic rings. The molecule has 2 fully saturated rings. The van der Waals surface area contributed by atoms with Crippen molar-refractivity contribution in [2.75, 3.05) is 13.1 Å². The van der Waals surface area contributed by atoms with Crippen LogP contribution in [0.3, 0.4) is 0 Å². The summed E-state index contributed by atoms with van der Waals surface area (Å²) < 4.78 is 0. The second-order valence-corrected chi connectivity index (χ2v) is 7.70. The molecule has 2 heterocycles. The van der Waals surface area contributed by atoms with E-state index >= 15 is 0 Å². The summed E-state index contributed by atoms with van der Waals surface area (Å²) in [6, 6.07) is 2.95. The van der Waals surface area contributed by atoms with Crippen molar-refractivity contribution in [3.05, 3.63) is 22.4 Å². The highest BCUT2D eigenvalue weighted by Gasteiger charge is 2.46. The Balaban J connectivity index is 1.74. The normalized spacial score (nSPS) is 32.9. The molecule has 19 heavy (non-hydrogen) atoms. The molecule has 2 aliphatic rings. The smallest absolute Gasteiger partial charge is 0.0309 e. The maximum absolute atomic E-state index is 3.86. The summed E-state index contributed by atoms with van der Waals surface area (Å²) in [7, 11) is 0. The maximum atomic E-state index is 3.86. The van der Waals surface area contributed by atoms with Crippen molar-refractivity contribution >= 4 is 11.3 Å². The summed E-state index contributed by atoms with van der Waals surface area (Å²) >= 11 is 1.81. The minimum atomic E-state index is 0.349. The van der Waals surface area contributed by atoms with Gasteiger partial charge in [-0.25, -0.2) is 0 Å². The maximum Gasteiger partial charge on any atom is 0.0309 e. The molecule has 0 radical (unpaired) electrons. The fourth-order valence-electron chi connectivity index (χ4n) is 3.50. The molecule has 1 saturated carbocycles. The summed E-state index contributed by atoms with van der Waals surface area (Å²) in [6.07, 6.45) is 2.84. The Hall–Kier alpha value is -0.380. The molecular formula is C16H26N2S. The average molecular weight is 278 g/mol. The number of hydrogen-bond acceptors (Lipinski definition) is 3. The van der Waals surface area contributed by atoms with Crippen LogP contribution in [0.5, 0.6) is 0 Å². The lowest BCUT2D eigenvalue weighted by molar-refractivity contribution is 0.0463. The van der Waals surface area contributed by atoms with Gasteiger partial charge in [-0.1, -0.05) is 13.8 Å². The molecule has 0 amide bonds. The average Bonchev–Trinajstić information content (AvgIpc) is 3.10. The van der Waals surface area contributed by atoms with Gasteiger partial charge >= 0.3 is 0 Å². The van der Waals surface area contributed by atoms with Crippen molar-refractivity contribution in [2.24, 2.45) is 11.8 Å². The zero-order chi connectivity index (χ0) is 13.5. The first kappa shape index (κ1) is 13.6. The van der Waals surface area contributed by atoms with Gasteiger partial charge in [0.25, 0.3) is 0 Å². The fourth-order valence-corrected chi connectivity index (χ4v) is 4.16. The molecule has 0 bridgehead atoms. The number of nitrogens with zero attached hydrogens (tertiary/aromatic N) is 1. The van der Waals surface area contributed by atoms with Gasteiger partial charge in [-0.2, -0.15) is 11.3 Å². The van der Waals surface area contributed by atoms with Crippen LogP contribution in [-0.4, -0.2) is 29.6 Å². The first-order valence-electron chi connectivity index (χ1n) is 7.58. The van der Waals surface area contributed by atoms with E-state index < -0.39 is 0 Å². The Labute approximate surface area is 121 Å². The molecule has 0 spiro atoms. The van der Waals surface area contributed by atoms with Gasteiger partial charge in [-0.15, -0.1) is 0 Å². The molecule has 1 aromatic heterocycles. The minimum absolute atomic E-state index is 0.349. The highest BCUT2D eigenvalue weighted by molar-refractivity contribution is 7.07. The van der Waals surface area contributed by atoms with E-state index in [-0.39, 0.29) is 0 Å². The second-order valence-electron chi connectivity index (χ2n) is 6.92. The van der Waals surface area contributed by atoms with Crippen LogP contribution >= 0.6 is 11.3 Å². The molecule has 2 nitrogen and oxygen atoms in total. The minimum Gasteiger partial charge on any atom is -0.308 e. The lowest BCUT2D eigenvalue weighted by atomic mass is 9.88. The molecule has 1 aliphatic heterocycles. The van der Waals surface area contributed by atoms with Gasteiger partial charge < -0.3 is 5.32 Å². The first-order valence-corrected chi connectivity index (χ1v) is 8.53. The number of nitrogens with one attached hydrogen (secondary N) is 1. The van der Waals surface area contributed by atoms with Crippen molar-refractivity contribution in [2.45, 2.75) is 51.7 Å². The Morgan fingerprint density at radius 1 is 1.47 bits per heavy atom. The highest BCUT2D eigenvalue weighted by Crippen LogP contribution is 2.42. The van der Waals surface area contributed by atoms with E-state index in [1.807, 2.05) is 11.3 Å². The predicted octanol–water partition coefficient (Wildman–Crippen LogP) is 3.35. The van der Waals surface area contributed by atoms with Gasteiger partial charge in [-0.3, -0.25) is 4.90 Å². The Morgan fingerprint density at radius 3 is 2.84 bits per heavy atom. The van der Waals surface area contributed by atoms with Gasteiger partial charge in [-0.05, 0) is 54.0 Å². The van der Waals surface area contributed by atoms with Crippen LogP contribution < -0.4 is 5.32 Å². The molecular weight excluding hydrogens is 252 g/mol. The monoisotopic (exact) mass is 278 g/mol. The molecule has 3 rings (SSSR count). The van der Waals surface area contributed by atoms with E-state index in [2.05, 4.69) is 47.8 Å². The first-order chi connectivity index (χ1) is 9.08. The van der Waals surface area contributed by atoms with Gasteiger partial charge in [0.05, 0.1) is 0 Å². The van der Waals surface area contributed by atoms with Crippen molar-refractivity contribution in [3.8, 4) is 0 Å². The van der Waals surface area contributed by atoms with Crippen LogP contribution in [0.4, 0.5) is 0 Å². The number of hydrogen-bond donors (Lipinski definition) is 1. The molecule has 0 aromatic carbocycles. The topological polar surface area (TPSA) is 15.3 Å². The summed E-state index contributed by atoms with van der Waals surface area (Å²) in [4.78, 5) is 2.72. The van der Waals surface area contributed by atoms with Crippen molar-refractivity contribution in [1.29, 1.82) is 0 Å². The third kappa shape index (κ3) is 2.88. The van der Waals surface area contributed by atoms with Crippen LogP contribution in [-0.2, 0) is 6.54 Å². The van der Waals surface area contributed by atoms with Crippen LogP contribution in [0.15, 0.2) is 16.8 Å².